The third-order valence-electron chi connectivity index (χ3n) is 4.74. The van der Waals surface area contributed by atoms with E-state index in [0.29, 0.717) is 30.8 Å². The van der Waals surface area contributed by atoms with Crippen LogP contribution in [0.5, 0.6) is 5.88 Å². The van der Waals surface area contributed by atoms with Gasteiger partial charge >= 0.3 is 0 Å². The number of aromatic amines is 2. The lowest BCUT2D eigenvalue weighted by Crippen LogP contribution is -2.26. The van der Waals surface area contributed by atoms with Crippen LogP contribution in [0.1, 0.15) is 17.8 Å². The Labute approximate surface area is 164 Å². The van der Waals surface area contributed by atoms with Crippen molar-refractivity contribution in [1.82, 2.24) is 25.4 Å². The molecule has 4 heterocycles. The van der Waals surface area contributed by atoms with Gasteiger partial charge in [0.05, 0.1) is 24.1 Å². The molecule has 3 aromatic rings. The van der Waals surface area contributed by atoms with Crippen LogP contribution < -0.4 is 15.2 Å². The molecule has 0 radical (unpaired) electrons. The van der Waals surface area contributed by atoms with Crippen molar-refractivity contribution in [2.45, 2.75) is 26.4 Å². The molecule has 4 rings (SSSR count). The smallest absolute Gasteiger partial charge is 0.285 e. The number of ether oxygens (including phenoxy) is 1. The molecule has 28 heavy (non-hydrogen) atoms. The highest BCUT2D eigenvalue weighted by molar-refractivity contribution is 6.33. The summed E-state index contributed by atoms with van der Waals surface area (Å²) in [7, 11) is 0. The number of nitrogens with zero attached hydrogens (tertiary/aromatic N) is 4. The fraction of sp³-hybridized carbons (Fsp3) is 0.333. The van der Waals surface area contributed by atoms with E-state index in [4.69, 9.17) is 16.3 Å². The summed E-state index contributed by atoms with van der Waals surface area (Å²) in [6, 6.07) is 3.07. The molecule has 0 bridgehead atoms. The number of rotatable bonds is 4. The van der Waals surface area contributed by atoms with Crippen molar-refractivity contribution < 1.29 is 9.13 Å². The van der Waals surface area contributed by atoms with Gasteiger partial charge in [-0.1, -0.05) is 11.6 Å². The molecule has 10 heteroatoms. The number of hydrogen-bond donors (Lipinski definition) is 2. The van der Waals surface area contributed by atoms with E-state index in [1.165, 1.54) is 12.3 Å². The molecule has 0 unspecified atom stereocenters. The van der Waals surface area contributed by atoms with Crippen molar-refractivity contribution in [2.75, 3.05) is 18.0 Å². The fourth-order valence-corrected chi connectivity index (χ4v) is 3.67. The number of anilines is 1. The highest BCUT2D eigenvalue weighted by Crippen LogP contribution is 2.30. The third kappa shape index (κ3) is 3.45. The average molecular weight is 405 g/mol. The average Bonchev–Trinajstić information content (AvgIpc) is 3.23. The standard InChI is InChI=1S/C18H18ClFN6O2/c1-9-16(10(2)24-23-9)11-5-14(20)22-15(6-11)28-12-3-4-26(8-12)13-7-21-25-18(27)17(13)19/h5-7,12H,3-4,8H2,1-2H3,(H,23,24)(H,25,27)/t12-/m1/s1. The number of H-pyrrole nitrogens is 2. The van der Waals surface area contributed by atoms with Gasteiger partial charge in [-0.3, -0.25) is 9.89 Å². The Morgan fingerprint density at radius 3 is 2.89 bits per heavy atom. The van der Waals surface area contributed by atoms with Gasteiger partial charge in [0, 0.05) is 36.4 Å². The Bertz CT molecular complexity index is 1060. The normalized spacial score (nSPS) is 16.6. The quantitative estimate of drug-likeness (QED) is 0.648. The minimum atomic E-state index is -0.621. The molecule has 0 aromatic carbocycles. The van der Waals surface area contributed by atoms with E-state index in [1.54, 1.807) is 6.07 Å². The van der Waals surface area contributed by atoms with Crippen LogP contribution in [0, 0.1) is 19.8 Å². The lowest BCUT2D eigenvalue weighted by atomic mass is 10.1. The second-order valence-electron chi connectivity index (χ2n) is 6.70. The molecule has 0 aliphatic carbocycles. The fourth-order valence-electron chi connectivity index (χ4n) is 3.46. The van der Waals surface area contributed by atoms with Gasteiger partial charge < -0.3 is 9.64 Å². The summed E-state index contributed by atoms with van der Waals surface area (Å²) in [6.45, 7) is 4.86. The van der Waals surface area contributed by atoms with Crippen molar-refractivity contribution in [3.05, 3.63) is 51.0 Å². The first-order valence-electron chi connectivity index (χ1n) is 8.76. The second-order valence-corrected chi connectivity index (χ2v) is 7.08. The summed E-state index contributed by atoms with van der Waals surface area (Å²) in [5.41, 5.74) is 3.22. The van der Waals surface area contributed by atoms with Crippen LogP contribution in [-0.4, -0.2) is 44.6 Å². The summed E-state index contributed by atoms with van der Waals surface area (Å²) in [5.74, 6) is -0.416. The number of aryl methyl sites for hydroxylation is 2. The van der Waals surface area contributed by atoms with Crippen molar-refractivity contribution >= 4 is 17.3 Å². The SMILES string of the molecule is Cc1n[nH]c(C)c1-c1cc(F)nc(O[C@@H]2CCN(c3cn[nH]c(=O)c3Cl)C2)c1. The Morgan fingerprint density at radius 2 is 2.14 bits per heavy atom. The maximum atomic E-state index is 14.1. The Morgan fingerprint density at radius 1 is 1.32 bits per heavy atom. The van der Waals surface area contributed by atoms with E-state index in [1.807, 2.05) is 18.7 Å². The van der Waals surface area contributed by atoms with E-state index in [0.717, 1.165) is 17.0 Å². The second kappa shape index (κ2) is 7.23. The molecular formula is C18H18ClFN6O2. The summed E-state index contributed by atoms with van der Waals surface area (Å²) in [5, 5.41) is 13.2. The Kier molecular flexibility index (Phi) is 4.76. The van der Waals surface area contributed by atoms with E-state index in [-0.39, 0.29) is 17.0 Å². The van der Waals surface area contributed by atoms with Gasteiger partial charge in [-0.05, 0) is 19.4 Å². The highest BCUT2D eigenvalue weighted by Gasteiger charge is 2.27. The predicted molar refractivity (Wildman–Crippen MR) is 102 cm³/mol. The first-order chi connectivity index (χ1) is 13.4. The third-order valence-corrected chi connectivity index (χ3v) is 5.10. The molecule has 0 spiro atoms. The van der Waals surface area contributed by atoms with Crippen LogP contribution in [0.4, 0.5) is 10.1 Å². The zero-order valence-corrected chi connectivity index (χ0v) is 16.0. The number of aromatic nitrogens is 5. The van der Waals surface area contributed by atoms with Crippen LogP contribution >= 0.6 is 11.6 Å². The largest absolute Gasteiger partial charge is 0.472 e. The molecule has 0 saturated carbocycles. The van der Waals surface area contributed by atoms with Crippen LogP contribution in [0.2, 0.25) is 5.02 Å². The lowest BCUT2D eigenvalue weighted by molar-refractivity contribution is 0.213. The van der Waals surface area contributed by atoms with Crippen molar-refractivity contribution in [3.8, 4) is 17.0 Å². The predicted octanol–water partition coefficient (Wildman–Crippen LogP) is 2.62. The van der Waals surface area contributed by atoms with Crippen LogP contribution in [0.3, 0.4) is 0 Å². The Hall–Kier alpha value is -2.94. The van der Waals surface area contributed by atoms with Gasteiger partial charge in [-0.15, -0.1) is 0 Å². The van der Waals surface area contributed by atoms with E-state index in [2.05, 4.69) is 25.4 Å². The first-order valence-corrected chi connectivity index (χ1v) is 9.14. The molecule has 1 aliphatic heterocycles. The van der Waals surface area contributed by atoms with E-state index in [9.17, 15) is 9.18 Å². The van der Waals surface area contributed by atoms with Crippen LogP contribution in [0.25, 0.3) is 11.1 Å². The van der Waals surface area contributed by atoms with Gasteiger partial charge in [-0.25, -0.2) is 5.10 Å². The molecule has 8 nitrogen and oxygen atoms in total. The topological polar surface area (TPSA) is 99.8 Å². The number of hydrogen-bond acceptors (Lipinski definition) is 6. The molecule has 3 aromatic heterocycles. The van der Waals surface area contributed by atoms with E-state index >= 15 is 0 Å². The van der Waals surface area contributed by atoms with Crippen molar-refractivity contribution in [3.63, 3.8) is 0 Å². The first kappa shape index (κ1) is 18.4. The van der Waals surface area contributed by atoms with Crippen molar-refractivity contribution in [1.29, 1.82) is 0 Å². The number of pyridine rings is 1. The van der Waals surface area contributed by atoms with Gasteiger partial charge in [0.2, 0.25) is 11.8 Å². The Balaban J connectivity index is 1.54. The number of halogens is 2. The zero-order valence-electron chi connectivity index (χ0n) is 15.3. The minimum absolute atomic E-state index is 0.0905. The van der Waals surface area contributed by atoms with Gasteiger partial charge in [0.15, 0.2) is 0 Å². The summed E-state index contributed by atoms with van der Waals surface area (Å²) >= 11 is 6.07. The highest BCUT2D eigenvalue weighted by atomic mass is 35.5. The number of nitrogens with one attached hydrogen (secondary N) is 2. The molecule has 1 saturated heterocycles. The minimum Gasteiger partial charge on any atom is -0.472 e. The molecule has 1 aliphatic rings. The molecule has 2 N–H and O–H groups in total. The van der Waals surface area contributed by atoms with Crippen LogP contribution in [-0.2, 0) is 0 Å². The summed E-state index contributed by atoms with van der Waals surface area (Å²) in [6.07, 6.45) is 1.97. The molecule has 146 valence electrons. The molecule has 1 fully saturated rings. The zero-order chi connectivity index (χ0) is 19.8. The molecule has 0 amide bonds. The lowest BCUT2D eigenvalue weighted by Gasteiger charge is -2.19. The van der Waals surface area contributed by atoms with E-state index < -0.39 is 11.5 Å². The summed E-state index contributed by atoms with van der Waals surface area (Å²) in [4.78, 5) is 17.4. The maximum absolute atomic E-state index is 14.1. The van der Waals surface area contributed by atoms with Gasteiger partial charge in [-0.2, -0.15) is 19.6 Å². The maximum Gasteiger partial charge on any atom is 0.285 e. The van der Waals surface area contributed by atoms with Crippen molar-refractivity contribution in [2.24, 2.45) is 0 Å². The molecular weight excluding hydrogens is 387 g/mol. The van der Waals surface area contributed by atoms with Gasteiger partial charge in [0.1, 0.15) is 11.1 Å². The summed E-state index contributed by atoms with van der Waals surface area (Å²) < 4.78 is 20.0. The monoisotopic (exact) mass is 404 g/mol. The van der Waals surface area contributed by atoms with Crippen LogP contribution in [0.15, 0.2) is 23.1 Å². The molecule has 1 atom stereocenters. The van der Waals surface area contributed by atoms with Gasteiger partial charge in [0.25, 0.3) is 5.56 Å².